The van der Waals surface area contributed by atoms with Crippen LogP contribution in [0.1, 0.15) is 29.4 Å². The van der Waals surface area contributed by atoms with Gasteiger partial charge < -0.3 is 5.32 Å². The third-order valence-electron chi connectivity index (χ3n) is 3.90. The molecule has 6 heteroatoms. The van der Waals surface area contributed by atoms with Crippen LogP contribution < -0.4 is 5.32 Å². The predicted molar refractivity (Wildman–Crippen MR) is 91.7 cm³/mol. The summed E-state index contributed by atoms with van der Waals surface area (Å²) in [5.74, 6) is -0.162. The highest BCUT2D eigenvalue weighted by molar-refractivity contribution is 6.06. The monoisotopic (exact) mass is 322 g/mol. The minimum atomic E-state index is -0.253. The molecule has 0 bridgehead atoms. The van der Waals surface area contributed by atoms with E-state index in [0.29, 0.717) is 17.8 Å². The molecule has 2 amide bonds. The van der Waals surface area contributed by atoms with Gasteiger partial charge in [-0.1, -0.05) is 25.1 Å². The van der Waals surface area contributed by atoms with E-state index in [2.05, 4.69) is 15.4 Å². The largest absolute Gasteiger partial charge is 0.321 e. The highest BCUT2D eigenvalue weighted by Crippen LogP contribution is 2.21. The van der Waals surface area contributed by atoms with Gasteiger partial charge in [0.15, 0.2) is 0 Å². The number of anilines is 1. The van der Waals surface area contributed by atoms with Crippen LogP contribution in [0.5, 0.6) is 0 Å². The Morgan fingerprint density at radius 3 is 2.62 bits per heavy atom. The standard InChI is InChI=1S/C18H18N4O2/c1-12-11-16(23)22(2)21-17(12)13-6-8-14(9-7-13)20-18(24)15-5-3-4-10-19-15/h3-10,12H,11H2,1-2H3,(H,20,24). The summed E-state index contributed by atoms with van der Waals surface area (Å²) in [6.07, 6.45) is 2.03. The van der Waals surface area contributed by atoms with Gasteiger partial charge >= 0.3 is 0 Å². The van der Waals surface area contributed by atoms with Crippen molar-refractivity contribution in [2.45, 2.75) is 13.3 Å². The van der Waals surface area contributed by atoms with Gasteiger partial charge in [0, 0.05) is 31.3 Å². The fraction of sp³-hybridized carbons (Fsp3) is 0.222. The topological polar surface area (TPSA) is 74.7 Å². The van der Waals surface area contributed by atoms with Crippen LogP contribution >= 0.6 is 0 Å². The van der Waals surface area contributed by atoms with Gasteiger partial charge in [-0.3, -0.25) is 14.6 Å². The Bertz CT molecular complexity index is 784. The molecule has 0 saturated heterocycles. The maximum absolute atomic E-state index is 12.1. The number of benzene rings is 1. The van der Waals surface area contributed by atoms with Crippen LogP contribution in [0.3, 0.4) is 0 Å². The quantitative estimate of drug-likeness (QED) is 0.943. The van der Waals surface area contributed by atoms with E-state index in [1.54, 1.807) is 31.4 Å². The Morgan fingerprint density at radius 1 is 1.21 bits per heavy atom. The van der Waals surface area contributed by atoms with Crippen molar-refractivity contribution in [1.82, 2.24) is 9.99 Å². The fourth-order valence-corrected chi connectivity index (χ4v) is 2.57. The highest BCUT2D eigenvalue weighted by atomic mass is 16.2. The number of aromatic nitrogens is 1. The number of pyridine rings is 1. The van der Waals surface area contributed by atoms with E-state index in [0.717, 1.165) is 11.3 Å². The molecule has 122 valence electrons. The van der Waals surface area contributed by atoms with Crippen LogP contribution in [-0.4, -0.2) is 34.6 Å². The number of nitrogens with zero attached hydrogens (tertiary/aromatic N) is 3. The summed E-state index contributed by atoms with van der Waals surface area (Å²) in [6, 6.07) is 12.6. The first kappa shape index (κ1) is 15.9. The van der Waals surface area contributed by atoms with E-state index in [1.165, 1.54) is 5.01 Å². The lowest BCUT2D eigenvalue weighted by molar-refractivity contribution is -0.131. The van der Waals surface area contributed by atoms with E-state index < -0.39 is 0 Å². The first-order valence-electron chi connectivity index (χ1n) is 7.72. The number of amides is 2. The summed E-state index contributed by atoms with van der Waals surface area (Å²) in [6.45, 7) is 1.99. The van der Waals surface area contributed by atoms with E-state index in [-0.39, 0.29) is 17.7 Å². The van der Waals surface area contributed by atoms with Crippen molar-refractivity contribution in [2.75, 3.05) is 12.4 Å². The molecule has 1 aromatic carbocycles. The molecule has 1 atom stereocenters. The van der Waals surface area contributed by atoms with Gasteiger partial charge in [-0.25, -0.2) is 5.01 Å². The van der Waals surface area contributed by atoms with Crippen molar-refractivity contribution < 1.29 is 9.59 Å². The molecule has 1 N–H and O–H groups in total. The zero-order valence-corrected chi connectivity index (χ0v) is 13.6. The van der Waals surface area contributed by atoms with Crippen molar-refractivity contribution in [3.8, 4) is 0 Å². The Morgan fingerprint density at radius 2 is 1.96 bits per heavy atom. The lowest BCUT2D eigenvalue weighted by Crippen LogP contribution is -2.33. The summed E-state index contributed by atoms with van der Waals surface area (Å²) >= 11 is 0. The molecule has 3 rings (SSSR count). The fourth-order valence-electron chi connectivity index (χ4n) is 2.57. The van der Waals surface area contributed by atoms with E-state index in [4.69, 9.17) is 0 Å². The normalized spacial score (nSPS) is 17.4. The average molecular weight is 322 g/mol. The molecule has 6 nitrogen and oxygen atoms in total. The van der Waals surface area contributed by atoms with Crippen LogP contribution in [0.4, 0.5) is 5.69 Å². The Hall–Kier alpha value is -3.02. The first-order valence-corrected chi connectivity index (χ1v) is 7.72. The maximum atomic E-state index is 12.1. The van der Waals surface area contributed by atoms with Gasteiger partial charge in [-0.2, -0.15) is 5.10 Å². The third kappa shape index (κ3) is 3.32. The van der Waals surface area contributed by atoms with Gasteiger partial charge in [0.2, 0.25) is 5.91 Å². The number of hydrazone groups is 1. The highest BCUT2D eigenvalue weighted by Gasteiger charge is 2.25. The van der Waals surface area contributed by atoms with Crippen LogP contribution in [0.2, 0.25) is 0 Å². The lowest BCUT2D eigenvalue weighted by Gasteiger charge is -2.24. The third-order valence-corrected chi connectivity index (χ3v) is 3.90. The van der Waals surface area contributed by atoms with Crippen molar-refractivity contribution >= 4 is 23.2 Å². The number of hydrogen-bond acceptors (Lipinski definition) is 4. The van der Waals surface area contributed by atoms with Gasteiger partial charge in [-0.15, -0.1) is 0 Å². The molecule has 0 radical (unpaired) electrons. The Labute approximate surface area is 140 Å². The van der Waals surface area contributed by atoms with E-state index >= 15 is 0 Å². The number of rotatable bonds is 3. The van der Waals surface area contributed by atoms with Gasteiger partial charge in [-0.05, 0) is 29.8 Å². The number of hydrogen-bond donors (Lipinski definition) is 1. The summed E-state index contributed by atoms with van der Waals surface area (Å²) in [5.41, 5.74) is 2.87. The molecule has 0 fully saturated rings. The number of nitrogens with one attached hydrogen (secondary N) is 1. The van der Waals surface area contributed by atoms with Crippen molar-refractivity contribution in [3.63, 3.8) is 0 Å². The molecule has 0 saturated carbocycles. The van der Waals surface area contributed by atoms with Crippen molar-refractivity contribution in [1.29, 1.82) is 0 Å². The lowest BCUT2D eigenvalue weighted by atomic mass is 9.94. The van der Waals surface area contributed by atoms with Crippen molar-refractivity contribution in [2.24, 2.45) is 11.0 Å². The van der Waals surface area contributed by atoms with Crippen LogP contribution in [0.15, 0.2) is 53.8 Å². The second kappa shape index (κ2) is 6.62. The smallest absolute Gasteiger partial charge is 0.274 e. The van der Waals surface area contributed by atoms with Gasteiger partial charge in [0.05, 0.1) is 5.71 Å². The minimum Gasteiger partial charge on any atom is -0.321 e. The Balaban J connectivity index is 1.75. The zero-order valence-electron chi connectivity index (χ0n) is 13.6. The van der Waals surface area contributed by atoms with Gasteiger partial charge in [0.25, 0.3) is 5.91 Å². The second-order valence-electron chi connectivity index (χ2n) is 5.75. The molecule has 1 unspecified atom stereocenters. The molecule has 1 aromatic heterocycles. The zero-order chi connectivity index (χ0) is 17.1. The molecular formula is C18H18N4O2. The molecule has 0 aliphatic carbocycles. The first-order chi connectivity index (χ1) is 11.5. The average Bonchev–Trinajstić information content (AvgIpc) is 2.60. The SMILES string of the molecule is CC1CC(=O)N(C)N=C1c1ccc(NC(=O)c2ccccn2)cc1. The summed E-state index contributed by atoms with van der Waals surface area (Å²) in [5, 5.41) is 8.55. The van der Waals surface area contributed by atoms with Crippen LogP contribution in [0, 0.1) is 5.92 Å². The molecule has 2 heterocycles. The van der Waals surface area contributed by atoms with Crippen LogP contribution in [0.25, 0.3) is 0 Å². The number of carbonyl (C=O) groups excluding carboxylic acids is 2. The van der Waals surface area contributed by atoms with Crippen LogP contribution in [-0.2, 0) is 4.79 Å². The summed E-state index contributed by atoms with van der Waals surface area (Å²) < 4.78 is 0. The summed E-state index contributed by atoms with van der Waals surface area (Å²) in [7, 11) is 1.66. The van der Waals surface area contributed by atoms with Gasteiger partial charge in [0.1, 0.15) is 5.69 Å². The number of carbonyl (C=O) groups is 2. The molecule has 24 heavy (non-hydrogen) atoms. The second-order valence-corrected chi connectivity index (χ2v) is 5.75. The maximum Gasteiger partial charge on any atom is 0.274 e. The molecule has 2 aromatic rings. The predicted octanol–water partition coefficient (Wildman–Crippen LogP) is 2.54. The molecule has 1 aliphatic heterocycles. The molecule has 1 aliphatic rings. The molecular weight excluding hydrogens is 304 g/mol. The molecule has 0 spiro atoms. The van der Waals surface area contributed by atoms with E-state index in [9.17, 15) is 9.59 Å². The Kier molecular flexibility index (Phi) is 4.37. The van der Waals surface area contributed by atoms with Crippen molar-refractivity contribution in [3.05, 3.63) is 59.9 Å². The van der Waals surface area contributed by atoms with E-state index in [1.807, 2.05) is 31.2 Å². The summed E-state index contributed by atoms with van der Waals surface area (Å²) in [4.78, 5) is 27.8. The minimum absolute atomic E-state index is 0.0190.